The molecule has 0 radical (unpaired) electrons. The molecule has 0 aliphatic carbocycles. The second-order valence-corrected chi connectivity index (χ2v) is 13.3. The molecule has 0 aliphatic rings. The van der Waals surface area contributed by atoms with Crippen LogP contribution in [0.5, 0.6) is 0 Å². The monoisotopic (exact) mass is 673 g/mol. The van der Waals surface area contributed by atoms with Crippen molar-refractivity contribution in [1.29, 1.82) is 0 Å². The molecule has 0 saturated heterocycles. The van der Waals surface area contributed by atoms with E-state index in [4.69, 9.17) is 9.47 Å². The summed E-state index contributed by atoms with van der Waals surface area (Å²) in [4.78, 5) is 24.3. The largest absolute Gasteiger partial charge is 0.462 e. The van der Waals surface area contributed by atoms with E-state index in [0.717, 1.165) is 50.9 Å². The molecule has 6 nitrogen and oxygen atoms in total. The van der Waals surface area contributed by atoms with Crippen LogP contribution >= 0.6 is 0 Å². The Balaban J connectivity index is 3.76. The number of ether oxygens (including phenoxy) is 2. The van der Waals surface area contributed by atoms with Crippen LogP contribution in [-0.2, 0) is 19.1 Å². The molecule has 2 atom stereocenters. The van der Waals surface area contributed by atoms with Gasteiger partial charge in [-0.1, -0.05) is 165 Å². The first-order chi connectivity index (χ1) is 23.4. The van der Waals surface area contributed by atoms with Crippen LogP contribution in [0.4, 0.5) is 0 Å². The van der Waals surface area contributed by atoms with Crippen LogP contribution in [0.25, 0.3) is 0 Å². The minimum Gasteiger partial charge on any atom is -0.462 e. The Labute approximate surface area is 294 Å². The third-order valence-electron chi connectivity index (χ3n) is 8.11. The molecule has 0 spiro atoms. The van der Waals surface area contributed by atoms with Gasteiger partial charge in [0.2, 0.25) is 0 Å². The summed E-state index contributed by atoms with van der Waals surface area (Å²) in [5, 5.41) is 19.7. The fraction of sp³-hybridized carbons (Fsp3) is 0.714. The van der Waals surface area contributed by atoms with Crippen molar-refractivity contribution in [2.75, 3.05) is 13.2 Å². The van der Waals surface area contributed by atoms with E-state index in [0.29, 0.717) is 19.3 Å². The van der Waals surface area contributed by atoms with E-state index in [1.165, 1.54) is 70.6 Å². The van der Waals surface area contributed by atoms with E-state index in [1.807, 2.05) is 18.2 Å². The SMILES string of the molecule is CC/C=C\C/C=C\C/C=C\C/C=C\C=C\C(O)CCCC(=O)OC[C@H](CO)OC(=O)CCCCCCCCCCCCCCCC(C)C. The lowest BCUT2D eigenvalue weighted by molar-refractivity contribution is -0.161. The van der Waals surface area contributed by atoms with Gasteiger partial charge in [-0.15, -0.1) is 0 Å². The quantitative estimate of drug-likeness (QED) is 0.0312. The highest BCUT2D eigenvalue weighted by Crippen LogP contribution is 2.15. The van der Waals surface area contributed by atoms with Crippen LogP contribution < -0.4 is 0 Å². The minimum atomic E-state index is -0.846. The molecule has 0 aliphatic heterocycles. The van der Waals surface area contributed by atoms with Crippen molar-refractivity contribution < 1.29 is 29.3 Å². The van der Waals surface area contributed by atoms with Crippen molar-refractivity contribution in [2.45, 2.75) is 174 Å². The van der Waals surface area contributed by atoms with Gasteiger partial charge in [0.1, 0.15) is 6.61 Å². The van der Waals surface area contributed by atoms with Gasteiger partial charge < -0.3 is 19.7 Å². The molecule has 6 heteroatoms. The lowest BCUT2D eigenvalue weighted by Crippen LogP contribution is -2.28. The number of hydrogen-bond donors (Lipinski definition) is 2. The number of hydrogen-bond acceptors (Lipinski definition) is 6. The highest BCUT2D eigenvalue weighted by Gasteiger charge is 2.16. The molecule has 1 unspecified atom stereocenters. The summed E-state index contributed by atoms with van der Waals surface area (Å²) in [6.45, 7) is 6.19. The summed E-state index contributed by atoms with van der Waals surface area (Å²) in [5.41, 5.74) is 0. The van der Waals surface area contributed by atoms with E-state index in [1.54, 1.807) is 6.08 Å². The van der Waals surface area contributed by atoms with Crippen LogP contribution in [0.1, 0.15) is 162 Å². The zero-order valence-corrected chi connectivity index (χ0v) is 31.0. The molecule has 0 amide bonds. The number of carbonyl (C=O) groups excluding carboxylic acids is 2. The van der Waals surface area contributed by atoms with Crippen molar-refractivity contribution in [3.05, 3.63) is 60.8 Å². The minimum absolute atomic E-state index is 0.152. The molecule has 0 heterocycles. The molecule has 276 valence electrons. The summed E-state index contributed by atoms with van der Waals surface area (Å²) >= 11 is 0. The number of unbranched alkanes of at least 4 members (excludes halogenated alkanes) is 12. The van der Waals surface area contributed by atoms with Crippen LogP contribution in [0, 0.1) is 5.92 Å². The third kappa shape index (κ3) is 34.9. The molecule has 0 aromatic rings. The van der Waals surface area contributed by atoms with Gasteiger partial charge in [0.05, 0.1) is 12.7 Å². The van der Waals surface area contributed by atoms with E-state index in [9.17, 15) is 19.8 Å². The molecule has 0 saturated carbocycles. The van der Waals surface area contributed by atoms with Crippen molar-refractivity contribution in [2.24, 2.45) is 5.92 Å². The van der Waals surface area contributed by atoms with Gasteiger partial charge in [-0.3, -0.25) is 9.59 Å². The molecule has 2 N–H and O–H groups in total. The van der Waals surface area contributed by atoms with Gasteiger partial charge in [-0.05, 0) is 50.9 Å². The maximum atomic E-state index is 12.2. The first kappa shape index (κ1) is 45.6. The van der Waals surface area contributed by atoms with Gasteiger partial charge in [0.25, 0.3) is 0 Å². The van der Waals surface area contributed by atoms with Crippen LogP contribution in [0.15, 0.2) is 60.8 Å². The Morgan fingerprint density at radius 2 is 1.10 bits per heavy atom. The average Bonchev–Trinajstić information content (AvgIpc) is 3.06. The molecular weight excluding hydrogens is 600 g/mol. The van der Waals surface area contributed by atoms with Crippen molar-refractivity contribution >= 4 is 11.9 Å². The molecule has 48 heavy (non-hydrogen) atoms. The maximum absolute atomic E-state index is 12.2. The zero-order valence-electron chi connectivity index (χ0n) is 31.0. The Morgan fingerprint density at radius 3 is 1.65 bits per heavy atom. The summed E-state index contributed by atoms with van der Waals surface area (Å²) in [7, 11) is 0. The lowest BCUT2D eigenvalue weighted by atomic mass is 10.0. The van der Waals surface area contributed by atoms with Gasteiger partial charge >= 0.3 is 11.9 Å². The van der Waals surface area contributed by atoms with Gasteiger partial charge in [-0.25, -0.2) is 0 Å². The fourth-order valence-electron chi connectivity index (χ4n) is 5.18. The van der Waals surface area contributed by atoms with Crippen molar-refractivity contribution in [3.8, 4) is 0 Å². The number of aliphatic hydroxyl groups is 2. The number of rotatable bonds is 33. The number of esters is 2. The molecule has 0 rings (SSSR count). The predicted octanol–water partition coefficient (Wildman–Crippen LogP) is 10.8. The first-order valence-electron chi connectivity index (χ1n) is 19.3. The van der Waals surface area contributed by atoms with Gasteiger partial charge in [0, 0.05) is 12.8 Å². The van der Waals surface area contributed by atoms with Gasteiger partial charge in [-0.2, -0.15) is 0 Å². The highest BCUT2D eigenvalue weighted by molar-refractivity contribution is 5.70. The Hall–Kier alpha value is -2.44. The number of allylic oxidation sites excluding steroid dienone is 9. The zero-order chi connectivity index (χ0) is 35.3. The summed E-state index contributed by atoms with van der Waals surface area (Å²) < 4.78 is 10.5. The topological polar surface area (TPSA) is 93.1 Å². The van der Waals surface area contributed by atoms with E-state index >= 15 is 0 Å². The Kier molecular flexibility index (Phi) is 34.0. The smallest absolute Gasteiger partial charge is 0.306 e. The van der Waals surface area contributed by atoms with E-state index in [2.05, 4.69) is 57.2 Å². The standard InChI is InChI=1S/C42H72O6/c1-4-5-6-7-8-9-10-12-16-19-22-25-28-32-39(44)33-30-35-41(45)47-37-40(36-43)48-42(46)34-29-26-23-20-17-14-11-13-15-18-21-24-27-31-38(2)3/h5-6,8-9,12,16,22,25,28,32,38-40,43-44H,4,7,10-11,13-15,17-21,23-24,26-27,29-31,33-37H2,1-3H3/b6-5-,9-8-,16-12-,25-22-,32-28+/t39?,40-/m0/s1. The highest BCUT2D eigenvalue weighted by atomic mass is 16.6. The fourth-order valence-corrected chi connectivity index (χ4v) is 5.18. The van der Waals surface area contributed by atoms with Crippen molar-refractivity contribution in [3.63, 3.8) is 0 Å². The first-order valence-corrected chi connectivity index (χ1v) is 19.3. The summed E-state index contributed by atoms with van der Waals surface area (Å²) in [6.07, 6.45) is 41.7. The normalized spacial score (nSPS) is 13.6. The second kappa shape index (κ2) is 35.9. The Bertz CT molecular complexity index is 885. The van der Waals surface area contributed by atoms with Gasteiger partial charge in [0.15, 0.2) is 6.10 Å². The van der Waals surface area contributed by atoms with Crippen LogP contribution in [0.2, 0.25) is 0 Å². The molecule has 0 fully saturated rings. The maximum Gasteiger partial charge on any atom is 0.306 e. The van der Waals surface area contributed by atoms with E-state index < -0.39 is 24.8 Å². The second-order valence-electron chi connectivity index (χ2n) is 13.3. The predicted molar refractivity (Wildman–Crippen MR) is 202 cm³/mol. The Morgan fingerprint density at radius 1 is 0.604 bits per heavy atom. The molecule has 0 aromatic heterocycles. The summed E-state index contributed by atoms with van der Waals surface area (Å²) in [6, 6.07) is 0. The van der Waals surface area contributed by atoms with Crippen molar-refractivity contribution in [1.82, 2.24) is 0 Å². The third-order valence-corrected chi connectivity index (χ3v) is 8.11. The van der Waals surface area contributed by atoms with Crippen LogP contribution in [0.3, 0.4) is 0 Å². The molecule has 0 bridgehead atoms. The average molecular weight is 673 g/mol. The van der Waals surface area contributed by atoms with E-state index in [-0.39, 0.29) is 19.0 Å². The summed E-state index contributed by atoms with van der Waals surface area (Å²) in [5.74, 6) is 0.0378. The van der Waals surface area contributed by atoms with Crippen LogP contribution in [-0.4, -0.2) is 47.6 Å². The molecule has 0 aromatic carbocycles. The lowest BCUT2D eigenvalue weighted by Gasteiger charge is -2.16. The number of carbonyl (C=O) groups is 2. The number of aliphatic hydroxyl groups excluding tert-OH is 2. The molecular formula is C42H72O6.